The van der Waals surface area contributed by atoms with Crippen LogP contribution in [0.3, 0.4) is 0 Å². The van der Waals surface area contributed by atoms with Crippen LogP contribution >= 0.6 is 11.6 Å². The second-order valence-electron chi connectivity index (χ2n) is 4.59. The Morgan fingerprint density at radius 2 is 2.06 bits per heavy atom. The number of hydrogen-bond donors (Lipinski definition) is 1. The van der Waals surface area contributed by atoms with E-state index in [1.165, 1.54) is 5.56 Å². The lowest BCUT2D eigenvalue weighted by Gasteiger charge is -2.24. The first-order valence-electron chi connectivity index (χ1n) is 5.50. The van der Waals surface area contributed by atoms with E-state index in [4.69, 9.17) is 16.3 Å². The summed E-state index contributed by atoms with van der Waals surface area (Å²) in [5, 5.41) is 4.05. The summed E-state index contributed by atoms with van der Waals surface area (Å²) < 4.78 is 5.32. The van der Waals surface area contributed by atoms with E-state index in [-0.39, 0.29) is 5.54 Å². The second-order valence-corrected chi connectivity index (χ2v) is 5.03. The minimum Gasteiger partial charge on any atom is -0.496 e. The van der Waals surface area contributed by atoms with Gasteiger partial charge in [0.25, 0.3) is 0 Å². The third kappa shape index (κ3) is 3.69. The normalized spacial score (nSPS) is 11.6. The Morgan fingerprint density at radius 1 is 1.38 bits per heavy atom. The molecule has 0 amide bonds. The van der Waals surface area contributed by atoms with E-state index in [0.717, 1.165) is 23.6 Å². The standard InChI is InChI=1S/C13H20ClNO/c1-13(2,15-3)8-7-10-9-11(14)5-6-12(10)16-4/h5-6,9,15H,7-8H2,1-4H3. The molecule has 0 saturated carbocycles. The van der Waals surface area contributed by atoms with Gasteiger partial charge in [0.2, 0.25) is 0 Å². The number of nitrogens with one attached hydrogen (secondary N) is 1. The highest BCUT2D eigenvalue weighted by molar-refractivity contribution is 6.30. The number of benzene rings is 1. The number of rotatable bonds is 5. The van der Waals surface area contributed by atoms with Crippen molar-refractivity contribution < 1.29 is 4.74 Å². The molecule has 0 aromatic heterocycles. The van der Waals surface area contributed by atoms with Crippen LogP contribution in [0.2, 0.25) is 5.02 Å². The predicted molar refractivity (Wildman–Crippen MR) is 69.5 cm³/mol. The van der Waals surface area contributed by atoms with Crippen molar-refractivity contribution >= 4 is 11.6 Å². The summed E-state index contributed by atoms with van der Waals surface area (Å²) in [7, 11) is 3.67. The van der Waals surface area contributed by atoms with Gasteiger partial charge in [0, 0.05) is 10.6 Å². The van der Waals surface area contributed by atoms with Crippen LogP contribution in [0.4, 0.5) is 0 Å². The first-order valence-corrected chi connectivity index (χ1v) is 5.87. The van der Waals surface area contributed by atoms with Crippen molar-refractivity contribution in [3.8, 4) is 5.75 Å². The Kier molecular flexibility index (Phi) is 4.63. The lowest BCUT2D eigenvalue weighted by molar-refractivity contribution is 0.382. The highest BCUT2D eigenvalue weighted by atomic mass is 35.5. The average molecular weight is 242 g/mol. The maximum Gasteiger partial charge on any atom is 0.122 e. The number of hydrogen-bond acceptors (Lipinski definition) is 2. The predicted octanol–water partition coefficient (Wildman–Crippen LogP) is 3.28. The van der Waals surface area contributed by atoms with Gasteiger partial charge in [-0.15, -0.1) is 0 Å². The summed E-state index contributed by atoms with van der Waals surface area (Å²) in [5.41, 5.74) is 1.30. The van der Waals surface area contributed by atoms with E-state index in [2.05, 4.69) is 19.2 Å². The zero-order chi connectivity index (χ0) is 12.2. The zero-order valence-electron chi connectivity index (χ0n) is 10.4. The Morgan fingerprint density at radius 3 is 2.62 bits per heavy atom. The summed E-state index contributed by atoms with van der Waals surface area (Å²) >= 11 is 5.99. The molecule has 2 nitrogen and oxygen atoms in total. The van der Waals surface area contributed by atoms with Gasteiger partial charge in [-0.1, -0.05) is 11.6 Å². The number of ether oxygens (including phenoxy) is 1. The molecule has 90 valence electrons. The largest absolute Gasteiger partial charge is 0.496 e. The van der Waals surface area contributed by atoms with Gasteiger partial charge >= 0.3 is 0 Å². The molecule has 1 aromatic carbocycles. The molecular formula is C13H20ClNO. The van der Waals surface area contributed by atoms with Gasteiger partial charge in [-0.25, -0.2) is 0 Å². The summed E-state index contributed by atoms with van der Waals surface area (Å²) in [6, 6.07) is 5.75. The Labute approximate surface area is 103 Å². The monoisotopic (exact) mass is 241 g/mol. The summed E-state index contributed by atoms with van der Waals surface area (Å²) in [6.45, 7) is 4.37. The lowest BCUT2D eigenvalue weighted by atomic mass is 9.95. The third-order valence-corrected chi connectivity index (χ3v) is 3.17. The minimum absolute atomic E-state index is 0.132. The van der Waals surface area contributed by atoms with E-state index in [1.54, 1.807) is 7.11 Å². The molecule has 0 spiro atoms. The first-order chi connectivity index (χ1) is 7.48. The van der Waals surface area contributed by atoms with E-state index in [1.807, 2.05) is 25.2 Å². The highest BCUT2D eigenvalue weighted by Crippen LogP contribution is 2.25. The minimum atomic E-state index is 0.132. The zero-order valence-corrected chi connectivity index (χ0v) is 11.2. The van der Waals surface area contributed by atoms with Crippen molar-refractivity contribution in [3.05, 3.63) is 28.8 Å². The quantitative estimate of drug-likeness (QED) is 0.854. The number of aryl methyl sites for hydroxylation is 1. The molecule has 1 N–H and O–H groups in total. The van der Waals surface area contributed by atoms with Crippen molar-refractivity contribution in [2.24, 2.45) is 0 Å². The van der Waals surface area contributed by atoms with E-state index >= 15 is 0 Å². The van der Waals surface area contributed by atoms with Crippen molar-refractivity contribution in [2.45, 2.75) is 32.2 Å². The maximum atomic E-state index is 5.99. The Hall–Kier alpha value is -0.730. The van der Waals surface area contributed by atoms with Crippen molar-refractivity contribution in [3.63, 3.8) is 0 Å². The molecule has 16 heavy (non-hydrogen) atoms. The van der Waals surface area contributed by atoms with Gasteiger partial charge in [-0.2, -0.15) is 0 Å². The highest BCUT2D eigenvalue weighted by Gasteiger charge is 2.15. The summed E-state index contributed by atoms with van der Waals surface area (Å²) in [6.07, 6.45) is 2.00. The van der Waals surface area contributed by atoms with E-state index in [0.29, 0.717) is 0 Å². The second kappa shape index (κ2) is 5.55. The van der Waals surface area contributed by atoms with Crippen LogP contribution in [0.5, 0.6) is 5.75 Å². The van der Waals surface area contributed by atoms with Crippen LogP contribution in [0.1, 0.15) is 25.8 Å². The van der Waals surface area contributed by atoms with Crippen LogP contribution < -0.4 is 10.1 Å². The van der Waals surface area contributed by atoms with Crippen LogP contribution in [-0.4, -0.2) is 19.7 Å². The molecule has 0 unspecified atom stereocenters. The molecule has 1 aromatic rings. The summed E-state index contributed by atoms with van der Waals surface area (Å²) in [5.74, 6) is 0.913. The van der Waals surface area contributed by atoms with Crippen molar-refractivity contribution in [1.29, 1.82) is 0 Å². The molecule has 0 bridgehead atoms. The lowest BCUT2D eigenvalue weighted by Crippen LogP contribution is -2.36. The number of methoxy groups -OCH3 is 1. The fourth-order valence-electron chi connectivity index (χ4n) is 1.51. The average Bonchev–Trinajstić information content (AvgIpc) is 2.27. The van der Waals surface area contributed by atoms with Gasteiger partial charge in [-0.05, 0) is 57.5 Å². The van der Waals surface area contributed by atoms with Gasteiger partial charge < -0.3 is 10.1 Å². The SMILES string of the molecule is CNC(C)(C)CCc1cc(Cl)ccc1OC. The van der Waals surface area contributed by atoms with Gasteiger partial charge in [-0.3, -0.25) is 0 Å². The molecule has 0 aliphatic rings. The smallest absolute Gasteiger partial charge is 0.122 e. The van der Waals surface area contributed by atoms with Gasteiger partial charge in [0.05, 0.1) is 7.11 Å². The fraction of sp³-hybridized carbons (Fsp3) is 0.538. The molecule has 0 saturated heterocycles. The van der Waals surface area contributed by atoms with Gasteiger partial charge in [0.1, 0.15) is 5.75 Å². The molecular weight excluding hydrogens is 222 g/mol. The van der Waals surface area contributed by atoms with Crippen molar-refractivity contribution in [1.82, 2.24) is 5.32 Å². The van der Waals surface area contributed by atoms with E-state index in [9.17, 15) is 0 Å². The third-order valence-electron chi connectivity index (χ3n) is 2.94. The topological polar surface area (TPSA) is 21.3 Å². The molecule has 0 heterocycles. The molecule has 0 aliphatic heterocycles. The molecule has 0 radical (unpaired) electrons. The molecule has 0 fully saturated rings. The molecule has 1 rings (SSSR count). The van der Waals surface area contributed by atoms with Crippen LogP contribution in [0.25, 0.3) is 0 Å². The Bertz CT molecular complexity index is 350. The van der Waals surface area contributed by atoms with Gasteiger partial charge in [0.15, 0.2) is 0 Å². The number of halogens is 1. The van der Waals surface area contributed by atoms with E-state index < -0.39 is 0 Å². The van der Waals surface area contributed by atoms with Crippen LogP contribution in [0, 0.1) is 0 Å². The Balaban J connectivity index is 2.76. The van der Waals surface area contributed by atoms with Crippen LogP contribution in [-0.2, 0) is 6.42 Å². The first kappa shape index (κ1) is 13.3. The molecule has 0 atom stereocenters. The summed E-state index contributed by atoms with van der Waals surface area (Å²) in [4.78, 5) is 0. The van der Waals surface area contributed by atoms with Crippen molar-refractivity contribution in [2.75, 3.05) is 14.2 Å². The molecule has 0 aliphatic carbocycles. The maximum absolute atomic E-state index is 5.99. The van der Waals surface area contributed by atoms with Crippen LogP contribution in [0.15, 0.2) is 18.2 Å². The molecule has 3 heteroatoms. The fourth-order valence-corrected chi connectivity index (χ4v) is 1.71.